The molecule has 1 N–H and O–H groups in total. The van der Waals surface area contributed by atoms with Crippen molar-refractivity contribution in [1.82, 2.24) is 15.5 Å². The lowest BCUT2D eigenvalue weighted by molar-refractivity contribution is -0.125. The number of ether oxygens (including phenoxy) is 1. The molecule has 110 valence electrons. The number of carbonyl (C=O) groups is 1. The Labute approximate surface area is 120 Å². The molecule has 21 heavy (non-hydrogen) atoms. The molecular weight excluding hydrogens is 277 g/mol. The number of benzene rings is 1. The molecule has 1 amide bonds. The summed E-state index contributed by atoms with van der Waals surface area (Å²) >= 11 is 0. The summed E-state index contributed by atoms with van der Waals surface area (Å²) in [5.74, 6) is 0.170. The smallest absolute Gasteiger partial charge is 0.257 e. The van der Waals surface area contributed by atoms with Crippen LogP contribution in [0.5, 0.6) is 0 Å². The van der Waals surface area contributed by atoms with Gasteiger partial charge in [-0.15, -0.1) is 0 Å². The number of nitrogens with zero attached hydrogens (tertiary/aromatic N) is 2. The van der Waals surface area contributed by atoms with Crippen molar-refractivity contribution in [1.29, 1.82) is 0 Å². The fraction of sp³-hybridized carbons (Fsp3) is 0.357. The highest BCUT2D eigenvalue weighted by atomic mass is 19.1. The van der Waals surface area contributed by atoms with Crippen molar-refractivity contribution in [3.8, 4) is 11.5 Å². The summed E-state index contributed by atoms with van der Waals surface area (Å²) in [5, 5.41) is 6.54. The van der Waals surface area contributed by atoms with Gasteiger partial charge in [-0.25, -0.2) is 4.39 Å². The summed E-state index contributed by atoms with van der Waals surface area (Å²) in [5.41, 5.74) is 0.630. The third-order valence-electron chi connectivity index (χ3n) is 3.28. The average Bonchev–Trinajstić information content (AvgIpc) is 3.17. The van der Waals surface area contributed by atoms with Crippen LogP contribution in [0.1, 0.15) is 12.2 Å². The van der Waals surface area contributed by atoms with Crippen LogP contribution in [0.4, 0.5) is 4.39 Å². The van der Waals surface area contributed by atoms with E-state index in [0.717, 1.165) is 6.42 Å². The highest BCUT2D eigenvalue weighted by Gasteiger charge is 2.23. The first-order valence-corrected chi connectivity index (χ1v) is 6.66. The Hall–Kier alpha value is -2.28. The number of rotatable bonds is 4. The van der Waals surface area contributed by atoms with E-state index >= 15 is 0 Å². The van der Waals surface area contributed by atoms with Crippen molar-refractivity contribution in [2.45, 2.75) is 13.0 Å². The predicted octanol–water partition coefficient (Wildman–Crippen LogP) is 1.53. The monoisotopic (exact) mass is 291 g/mol. The predicted molar refractivity (Wildman–Crippen MR) is 70.5 cm³/mol. The van der Waals surface area contributed by atoms with Gasteiger partial charge in [0.2, 0.25) is 5.91 Å². The SMILES string of the molecule is O=C(NCc1noc(-c2ccc(F)cc2)n1)C1CCOC1. The minimum Gasteiger partial charge on any atom is -0.381 e. The number of nitrogens with one attached hydrogen (secondary N) is 1. The van der Waals surface area contributed by atoms with Gasteiger partial charge in [0.1, 0.15) is 5.82 Å². The molecule has 1 aromatic heterocycles. The minimum atomic E-state index is -0.329. The van der Waals surface area contributed by atoms with Crippen LogP contribution in [0.25, 0.3) is 11.5 Å². The molecule has 0 spiro atoms. The first-order chi connectivity index (χ1) is 10.2. The zero-order valence-corrected chi connectivity index (χ0v) is 11.2. The maximum absolute atomic E-state index is 12.8. The third kappa shape index (κ3) is 3.25. The third-order valence-corrected chi connectivity index (χ3v) is 3.28. The van der Waals surface area contributed by atoms with E-state index in [9.17, 15) is 9.18 Å². The highest BCUT2D eigenvalue weighted by molar-refractivity contribution is 5.78. The zero-order chi connectivity index (χ0) is 14.7. The molecule has 1 saturated heterocycles. The molecule has 2 heterocycles. The van der Waals surface area contributed by atoms with Crippen LogP contribution in [-0.2, 0) is 16.1 Å². The summed E-state index contributed by atoms with van der Waals surface area (Å²) in [4.78, 5) is 16.0. The molecule has 7 heteroatoms. The molecule has 1 atom stereocenters. The number of hydrogen-bond acceptors (Lipinski definition) is 5. The number of hydrogen-bond donors (Lipinski definition) is 1. The lowest BCUT2D eigenvalue weighted by atomic mass is 10.1. The lowest BCUT2D eigenvalue weighted by Gasteiger charge is -2.06. The van der Waals surface area contributed by atoms with Crippen LogP contribution in [0.15, 0.2) is 28.8 Å². The van der Waals surface area contributed by atoms with Crippen molar-refractivity contribution < 1.29 is 18.4 Å². The Morgan fingerprint density at radius 3 is 2.90 bits per heavy atom. The highest BCUT2D eigenvalue weighted by Crippen LogP contribution is 2.17. The normalized spacial score (nSPS) is 17.9. The number of carbonyl (C=O) groups excluding carboxylic acids is 1. The second kappa shape index (κ2) is 6.01. The summed E-state index contributed by atoms with van der Waals surface area (Å²) in [6.45, 7) is 1.27. The van der Waals surface area contributed by atoms with Crippen LogP contribution in [0.2, 0.25) is 0 Å². The number of aromatic nitrogens is 2. The van der Waals surface area contributed by atoms with Crippen molar-refractivity contribution in [3.05, 3.63) is 35.9 Å². The molecule has 1 aromatic carbocycles. The maximum atomic E-state index is 12.8. The molecule has 2 aromatic rings. The van der Waals surface area contributed by atoms with Gasteiger partial charge in [-0.2, -0.15) is 4.98 Å². The van der Waals surface area contributed by atoms with Crippen LogP contribution in [0, 0.1) is 11.7 Å². The van der Waals surface area contributed by atoms with Gasteiger partial charge in [-0.1, -0.05) is 5.16 Å². The second-order valence-corrected chi connectivity index (χ2v) is 4.80. The van der Waals surface area contributed by atoms with Crippen molar-refractivity contribution in [2.75, 3.05) is 13.2 Å². The van der Waals surface area contributed by atoms with Gasteiger partial charge in [-0.05, 0) is 30.7 Å². The van der Waals surface area contributed by atoms with E-state index in [2.05, 4.69) is 15.5 Å². The quantitative estimate of drug-likeness (QED) is 0.924. The molecule has 3 rings (SSSR count). The van der Waals surface area contributed by atoms with E-state index in [0.29, 0.717) is 30.5 Å². The fourth-order valence-corrected chi connectivity index (χ4v) is 2.09. The number of amides is 1. The molecule has 1 aliphatic heterocycles. The molecule has 6 nitrogen and oxygen atoms in total. The Balaban J connectivity index is 1.60. The Morgan fingerprint density at radius 1 is 1.38 bits per heavy atom. The van der Waals surface area contributed by atoms with Gasteiger partial charge < -0.3 is 14.6 Å². The minimum absolute atomic E-state index is 0.0689. The van der Waals surface area contributed by atoms with Gasteiger partial charge in [-0.3, -0.25) is 4.79 Å². The van der Waals surface area contributed by atoms with E-state index < -0.39 is 0 Å². The van der Waals surface area contributed by atoms with Crippen LogP contribution < -0.4 is 5.32 Å². The van der Waals surface area contributed by atoms with E-state index in [1.807, 2.05) is 0 Å². The molecule has 1 fully saturated rings. The Bertz CT molecular complexity index is 621. The van der Waals surface area contributed by atoms with E-state index in [4.69, 9.17) is 9.26 Å². The van der Waals surface area contributed by atoms with Crippen molar-refractivity contribution >= 4 is 5.91 Å². The lowest BCUT2D eigenvalue weighted by Crippen LogP contribution is -2.30. The van der Waals surface area contributed by atoms with E-state index in [-0.39, 0.29) is 24.2 Å². The van der Waals surface area contributed by atoms with Gasteiger partial charge in [0.05, 0.1) is 19.1 Å². The topological polar surface area (TPSA) is 77.3 Å². The van der Waals surface area contributed by atoms with Gasteiger partial charge in [0.25, 0.3) is 5.89 Å². The molecular formula is C14H14FN3O3. The van der Waals surface area contributed by atoms with Crippen LogP contribution in [-0.4, -0.2) is 29.3 Å². The summed E-state index contributed by atoms with van der Waals surface area (Å²) in [6, 6.07) is 5.75. The summed E-state index contributed by atoms with van der Waals surface area (Å²) in [6.07, 6.45) is 0.735. The van der Waals surface area contributed by atoms with Gasteiger partial charge in [0.15, 0.2) is 5.82 Å². The van der Waals surface area contributed by atoms with E-state index in [1.54, 1.807) is 12.1 Å². The fourth-order valence-electron chi connectivity index (χ4n) is 2.09. The average molecular weight is 291 g/mol. The molecule has 1 unspecified atom stereocenters. The molecule has 1 aliphatic rings. The number of halogens is 1. The zero-order valence-electron chi connectivity index (χ0n) is 11.2. The standard InChI is InChI=1S/C14H14FN3O3/c15-11-3-1-9(2-4-11)14-17-12(18-21-14)7-16-13(19)10-5-6-20-8-10/h1-4,10H,5-8H2,(H,16,19). The van der Waals surface area contributed by atoms with Crippen LogP contribution in [0.3, 0.4) is 0 Å². The Morgan fingerprint density at radius 2 is 2.19 bits per heavy atom. The first-order valence-electron chi connectivity index (χ1n) is 6.66. The first kappa shape index (κ1) is 13.7. The Kier molecular flexibility index (Phi) is 3.92. The van der Waals surface area contributed by atoms with Crippen molar-refractivity contribution in [2.24, 2.45) is 5.92 Å². The van der Waals surface area contributed by atoms with Crippen LogP contribution >= 0.6 is 0 Å². The molecule has 0 saturated carbocycles. The second-order valence-electron chi connectivity index (χ2n) is 4.80. The van der Waals surface area contributed by atoms with E-state index in [1.165, 1.54) is 12.1 Å². The largest absolute Gasteiger partial charge is 0.381 e. The van der Waals surface area contributed by atoms with Gasteiger partial charge in [0, 0.05) is 12.2 Å². The summed E-state index contributed by atoms with van der Waals surface area (Å²) < 4.78 is 23.1. The van der Waals surface area contributed by atoms with Gasteiger partial charge >= 0.3 is 0 Å². The summed E-state index contributed by atoms with van der Waals surface area (Å²) in [7, 11) is 0. The van der Waals surface area contributed by atoms with Crippen molar-refractivity contribution in [3.63, 3.8) is 0 Å². The molecule has 0 aliphatic carbocycles. The maximum Gasteiger partial charge on any atom is 0.257 e. The molecule has 0 bridgehead atoms. The molecule has 0 radical (unpaired) electrons.